The summed E-state index contributed by atoms with van der Waals surface area (Å²) in [5, 5.41) is 10.9. The first-order valence-corrected chi connectivity index (χ1v) is 12.6. The predicted octanol–water partition coefficient (Wildman–Crippen LogP) is 2.45. The fourth-order valence-corrected chi connectivity index (χ4v) is 4.25. The van der Waals surface area contributed by atoms with E-state index in [1.165, 1.54) is 16.2 Å². The van der Waals surface area contributed by atoms with Gasteiger partial charge in [-0.1, -0.05) is 47.5 Å². The van der Waals surface area contributed by atoms with Crippen LogP contribution in [0.3, 0.4) is 0 Å². The van der Waals surface area contributed by atoms with Crippen LogP contribution >= 0.6 is 27.7 Å². The van der Waals surface area contributed by atoms with E-state index in [2.05, 4.69) is 32.8 Å². The minimum atomic E-state index is -0.988. The maximum Gasteiger partial charge on any atom is 0.329 e. The molecular formula is C22H27BrN4O6S. The second kappa shape index (κ2) is 12.2. The highest BCUT2D eigenvalue weighted by Crippen LogP contribution is 2.23. The molecule has 0 aliphatic heterocycles. The lowest BCUT2D eigenvalue weighted by molar-refractivity contribution is -0.140. The van der Waals surface area contributed by atoms with Crippen LogP contribution in [0.4, 0.5) is 0 Å². The third-order valence-corrected chi connectivity index (χ3v) is 6.43. The van der Waals surface area contributed by atoms with Crippen molar-refractivity contribution < 1.29 is 19.4 Å². The van der Waals surface area contributed by atoms with Gasteiger partial charge in [-0.05, 0) is 30.7 Å². The minimum absolute atomic E-state index is 0.0210. The van der Waals surface area contributed by atoms with Crippen LogP contribution in [0, 0.1) is 0 Å². The largest absolute Gasteiger partial charge is 0.491 e. The fourth-order valence-electron chi connectivity index (χ4n) is 3.18. The predicted molar refractivity (Wildman–Crippen MR) is 132 cm³/mol. The zero-order valence-electron chi connectivity index (χ0n) is 19.0. The van der Waals surface area contributed by atoms with Crippen molar-refractivity contribution in [1.29, 1.82) is 0 Å². The molecule has 0 spiro atoms. The molecule has 0 bridgehead atoms. The second-order valence-corrected chi connectivity index (χ2v) is 9.49. The summed E-state index contributed by atoms with van der Waals surface area (Å²) in [4.78, 5) is 43.4. The van der Waals surface area contributed by atoms with E-state index in [9.17, 15) is 19.5 Å². The lowest BCUT2D eigenvalue weighted by Gasteiger charge is -2.15. The van der Waals surface area contributed by atoms with E-state index < -0.39 is 23.3 Å². The Kier molecular flexibility index (Phi) is 9.36. The standard InChI is InChI=1S/C22H27BrN4O6S/c1-3-4-5-10-32-17(29)13-34-22-24-19-18(20(30)25-21(31)26(19)2)27(22)11-15(28)12-33-16-8-6-14(23)7-9-16/h6-9,15,28H,3-5,10-13H2,1-2H3,(H,25,30,31)/t15-/m0/s1. The highest BCUT2D eigenvalue weighted by molar-refractivity contribution is 9.10. The van der Waals surface area contributed by atoms with Crippen LogP contribution in [0.25, 0.3) is 11.2 Å². The van der Waals surface area contributed by atoms with Crippen LogP contribution in [0.1, 0.15) is 26.2 Å². The van der Waals surface area contributed by atoms with E-state index in [1.54, 1.807) is 12.1 Å². The van der Waals surface area contributed by atoms with Gasteiger partial charge >= 0.3 is 11.7 Å². The zero-order chi connectivity index (χ0) is 24.7. The number of benzene rings is 1. The van der Waals surface area contributed by atoms with Gasteiger partial charge in [-0.3, -0.25) is 19.1 Å². The molecule has 2 aromatic heterocycles. The smallest absolute Gasteiger partial charge is 0.329 e. The first-order valence-electron chi connectivity index (χ1n) is 10.8. The summed E-state index contributed by atoms with van der Waals surface area (Å²) in [6.45, 7) is 2.36. The SMILES string of the molecule is CCCCCOC(=O)CSc1nc2c(c(=O)[nH]c(=O)n2C)n1C[C@H](O)COc1ccc(Br)cc1. The molecule has 0 fully saturated rings. The van der Waals surface area contributed by atoms with Gasteiger partial charge in [-0.2, -0.15) is 0 Å². The highest BCUT2D eigenvalue weighted by Gasteiger charge is 2.21. The van der Waals surface area contributed by atoms with Crippen LogP contribution in [-0.4, -0.2) is 55.2 Å². The summed E-state index contributed by atoms with van der Waals surface area (Å²) in [6, 6.07) is 7.16. The molecule has 184 valence electrons. The number of imidazole rings is 1. The summed E-state index contributed by atoms with van der Waals surface area (Å²) >= 11 is 4.43. The molecule has 3 rings (SSSR count). The van der Waals surface area contributed by atoms with Crippen LogP contribution < -0.4 is 16.0 Å². The van der Waals surface area contributed by atoms with Crippen LogP contribution in [0.2, 0.25) is 0 Å². The van der Waals surface area contributed by atoms with E-state index in [1.807, 2.05) is 12.1 Å². The number of carbonyl (C=O) groups is 1. The van der Waals surface area contributed by atoms with E-state index in [-0.39, 0.29) is 30.1 Å². The Balaban J connectivity index is 1.77. The molecule has 34 heavy (non-hydrogen) atoms. The maximum atomic E-state index is 12.6. The first kappa shape index (κ1) is 26.0. The summed E-state index contributed by atoms with van der Waals surface area (Å²) in [7, 11) is 1.49. The number of thioether (sulfide) groups is 1. The number of ether oxygens (including phenoxy) is 2. The Hall–Kier alpha value is -2.57. The lowest BCUT2D eigenvalue weighted by Crippen LogP contribution is -2.30. The van der Waals surface area contributed by atoms with Crippen LogP contribution in [-0.2, 0) is 23.1 Å². The molecule has 3 aromatic rings. The number of unbranched alkanes of at least 4 members (excludes halogenated alkanes) is 2. The van der Waals surface area contributed by atoms with Crippen molar-refractivity contribution in [3.63, 3.8) is 0 Å². The molecule has 1 atom stereocenters. The molecule has 0 aliphatic carbocycles. The van der Waals surface area contributed by atoms with Crippen molar-refractivity contribution >= 4 is 44.8 Å². The number of hydrogen-bond acceptors (Lipinski definition) is 8. The topological polar surface area (TPSA) is 128 Å². The Morgan fingerprint density at radius 1 is 1.26 bits per heavy atom. The van der Waals surface area contributed by atoms with Gasteiger partial charge in [-0.15, -0.1) is 0 Å². The average Bonchev–Trinajstić information content (AvgIpc) is 3.17. The fraction of sp³-hybridized carbons (Fsp3) is 0.455. The number of nitrogens with one attached hydrogen (secondary N) is 1. The normalized spacial score (nSPS) is 12.1. The van der Waals surface area contributed by atoms with Gasteiger partial charge in [0, 0.05) is 11.5 Å². The molecule has 10 nitrogen and oxygen atoms in total. The second-order valence-electron chi connectivity index (χ2n) is 7.63. The number of hydrogen-bond donors (Lipinski definition) is 2. The molecule has 0 unspecified atom stereocenters. The highest BCUT2D eigenvalue weighted by atomic mass is 79.9. The van der Waals surface area contributed by atoms with E-state index >= 15 is 0 Å². The van der Waals surface area contributed by atoms with Crippen molar-refractivity contribution in [2.45, 2.75) is 44.0 Å². The van der Waals surface area contributed by atoms with Gasteiger partial charge in [0.05, 0.1) is 18.9 Å². The molecular weight excluding hydrogens is 528 g/mol. The molecule has 0 saturated heterocycles. The monoisotopic (exact) mass is 554 g/mol. The van der Waals surface area contributed by atoms with Crippen molar-refractivity contribution in [2.75, 3.05) is 19.0 Å². The van der Waals surface area contributed by atoms with E-state index in [4.69, 9.17) is 9.47 Å². The number of aliphatic hydroxyl groups is 1. The van der Waals surface area contributed by atoms with Gasteiger partial charge in [0.25, 0.3) is 5.56 Å². The number of carbonyl (C=O) groups excluding carboxylic acids is 1. The Bertz CT molecular complexity index is 1240. The number of aromatic amines is 1. The quantitative estimate of drug-likeness (QED) is 0.198. The molecule has 12 heteroatoms. The van der Waals surface area contributed by atoms with Gasteiger partial charge in [-0.25, -0.2) is 9.78 Å². The van der Waals surface area contributed by atoms with Gasteiger partial charge < -0.3 is 19.1 Å². The summed E-state index contributed by atoms with van der Waals surface area (Å²) in [5.74, 6) is 0.160. The number of esters is 1. The number of halogens is 1. The summed E-state index contributed by atoms with van der Waals surface area (Å²) in [6.07, 6.45) is 1.82. The van der Waals surface area contributed by atoms with E-state index in [0.717, 1.165) is 35.5 Å². The Labute approximate surface area is 208 Å². The van der Waals surface area contributed by atoms with Gasteiger partial charge in [0.1, 0.15) is 18.5 Å². The lowest BCUT2D eigenvalue weighted by atomic mass is 10.3. The summed E-state index contributed by atoms with van der Waals surface area (Å²) < 4.78 is 14.5. The molecule has 2 N–H and O–H groups in total. The third-order valence-electron chi connectivity index (χ3n) is 4.95. The molecule has 0 aliphatic rings. The number of rotatable bonds is 12. The molecule has 1 aromatic carbocycles. The van der Waals surface area contributed by atoms with Crippen molar-refractivity contribution in [3.05, 3.63) is 49.6 Å². The average molecular weight is 555 g/mol. The molecule has 2 heterocycles. The van der Waals surface area contributed by atoms with Crippen LogP contribution in [0.15, 0.2) is 43.5 Å². The number of aliphatic hydroxyl groups excluding tert-OH is 1. The molecule has 0 saturated carbocycles. The molecule has 0 amide bonds. The van der Waals surface area contributed by atoms with Gasteiger partial charge in [0.2, 0.25) is 0 Å². The number of aryl methyl sites for hydroxylation is 1. The third kappa shape index (κ3) is 6.73. The number of nitrogens with zero attached hydrogens (tertiary/aromatic N) is 3. The van der Waals surface area contributed by atoms with Crippen molar-refractivity contribution in [1.82, 2.24) is 19.1 Å². The van der Waals surface area contributed by atoms with Gasteiger partial charge in [0.15, 0.2) is 16.3 Å². The number of aromatic nitrogens is 4. The minimum Gasteiger partial charge on any atom is -0.491 e. The molecule has 0 radical (unpaired) electrons. The summed E-state index contributed by atoms with van der Waals surface area (Å²) in [5.41, 5.74) is -0.939. The Morgan fingerprint density at radius 3 is 2.71 bits per heavy atom. The number of H-pyrrole nitrogens is 1. The Morgan fingerprint density at radius 2 is 2.00 bits per heavy atom. The van der Waals surface area contributed by atoms with E-state index in [0.29, 0.717) is 17.5 Å². The van der Waals surface area contributed by atoms with Crippen LogP contribution in [0.5, 0.6) is 5.75 Å². The number of fused-ring (bicyclic) bond motifs is 1. The maximum absolute atomic E-state index is 12.6. The van der Waals surface area contributed by atoms with Crippen molar-refractivity contribution in [2.24, 2.45) is 7.05 Å². The first-order chi connectivity index (χ1) is 16.3. The van der Waals surface area contributed by atoms with Crippen molar-refractivity contribution in [3.8, 4) is 5.75 Å². The zero-order valence-corrected chi connectivity index (χ0v) is 21.4.